The van der Waals surface area contributed by atoms with Crippen LogP contribution in [0.5, 0.6) is 5.75 Å². The lowest BCUT2D eigenvalue weighted by molar-refractivity contribution is -0.384. The van der Waals surface area contributed by atoms with Gasteiger partial charge in [-0.3, -0.25) is 14.9 Å². The Morgan fingerprint density at radius 3 is 2.34 bits per heavy atom. The van der Waals surface area contributed by atoms with Crippen LogP contribution in [-0.4, -0.2) is 61.2 Å². The Bertz CT molecular complexity index is 1000. The molecule has 0 unspecified atom stereocenters. The van der Waals surface area contributed by atoms with Gasteiger partial charge in [-0.25, -0.2) is 8.42 Å². The Morgan fingerprint density at radius 1 is 1.10 bits per heavy atom. The molecule has 1 heterocycles. The van der Waals surface area contributed by atoms with E-state index in [0.29, 0.717) is 5.75 Å². The Hall–Kier alpha value is -2.50. The minimum absolute atomic E-state index is 0.0131. The zero-order chi connectivity index (χ0) is 21.0. The van der Waals surface area contributed by atoms with Gasteiger partial charge in [0.2, 0.25) is 10.0 Å². The first-order chi connectivity index (χ1) is 13.8. The lowest BCUT2D eigenvalue weighted by atomic mass is 10.3. The number of nitro benzene ring substituents is 1. The van der Waals surface area contributed by atoms with Crippen molar-refractivity contribution in [3.63, 3.8) is 0 Å². The number of sulfonamides is 1. The van der Waals surface area contributed by atoms with Crippen LogP contribution >= 0.6 is 15.9 Å². The Labute approximate surface area is 176 Å². The van der Waals surface area contributed by atoms with Crippen molar-refractivity contribution in [2.45, 2.75) is 4.90 Å². The van der Waals surface area contributed by atoms with Crippen molar-refractivity contribution in [3.05, 3.63) is 63.1 Å². The average Bonchev–Trinajstić information content (AvgIpc) is 2.72. The smallest absolute Gasteiger partial charge is 0.269 e. The molecule has 0 N–H and O–H groups in total. The topological polar surface area (TPSA) is 110 Å². The van der Waals surface area contributed by atoms with Gasteiger partial charge in [-0.15, -0.1) is 0 Å². The van der Waals surface area contributed by atoms with Crippen LogP contribution in [0.1, 0.15) is 0 Å². The summed E-state index contributed by atoms with van der Waals surface area (Å²) in [7, 11) is -3.78. The number of hydrogen-bond donors (Lipinski definition) is 0. The molecule has 2 aromatic carbocycles. The summed E-state index contributed by atoms with van der Waals surface area (Å²) in [5.41, 5.74) is -0.176. The Balaban J connectivity index is 1.56. The molecule has 0 radical (unpaired) electrons. The van der Waals surface area contributed by atoms with Crippen LogP contribution in [0.2, 0.25) is 0 Å². The minimum Gasteiger partial charge on any atom is -0.484 e. The van der Waals surface area contributed by atoms with Crippen LogP contribution in [0.4, 0.5) is 5.69 Å². The molecule has 1 aliphatic heterocycles. The van der Waals surface area contributed by atoms with E-state index in [2.05, 4.69) is 15.9 Å². The van der Waals surface area contributed by atoms with Crippen molar-refractivity contribution < 1.29 is 22.9 Å². The number of halogens is 1. The molecular weight excluding hydrogens is 466 g/mol. The van der Waals surface area contributed by atoms with E-state index in [9.17, 15) is 23.3 Å². The van der Waals surface area contributed by atoms with Crippen molar-refractivity contribution in [1.29, 1.82) is 0 Å². The number of rotatable bonds is 6. The van der Waals surface area contributed by atoms with E-state index in [0.717, 1.165) is 16.6 Å². The number of hydrogen-bond acceptors (Lipinski definition) is 6. The van der Waals surface area contributed by atoms with E-state index in [1.807, 2.05) is 6.07 Å². The third kappa shape index (κ3) is 5.11. The lowest BCUT2D eigenvalue weighted by Gasteiger charge is -2.33. The van der Waals surface area contributed by atoms with E-state index in [1.54, 1.807) is 23.1 Å². The summed E-state index contributed by atoms with van der Waals surface area (Å²) < 4.78 is 33.0. The van der Waals surface area contributed by atoms with Crippen molar-refractivity contribution >= 4 is 37.5 Å². The molecule has 0 aromatic heterocycles. The van der Waals surface area contributed by atoms with E-state index in [4.69, 9.17) is 4.74 Å². The lowest BCUT2D eigenvalue weighted by Crippen LogP contribution is -2.51. The standard InChI is InChI=1S/C18H18BrN3O6S/c19-14-2-1-3-16(12-14)28-13-18(23)20-8-10-21(11-9-20)29(26,27)17-6-4-15(5-7-17)22(24)25/h1-7,12H,8-11,13H2. The van der Waals surface area contributed by atoms with Gasteiger partial charge in [-0.2, -0.15) is 4.31 Å². The van der Waals surface area contributed by atoms with Crippen molar-refractivity contribution in [2.24, 2.45) is 0 Å². The summed E-state index contributed by atoms with van der Waals surface area (Å²) in [6, 6.07) is 11.9. The number of non-ortho nitro benzene ring substituents is 1. The third-order valence-electron chi connectivity index (χ3n) is 4.44. The predicted octanol–water partition coefficient (Wildman–Crippen LogP) is 2.27. The van der Waals surface area contributed by atoms with Gasteiger partial charge < -0.3 is 9.64 Å². The maximum Gasteiger partial charge on any atom is 0.269 e. The van der Waals surface area contributed by atoms with Gasteiger partial charge in [0, 0.05) is 42.8 Å². The monoisotopic (exact) mass is 483 g/mol. The number of benzene rings is 2. The van der Waals surface area contributed by atoms with E-state index in [-0.39, 0.29) is 49.3 Å². The Morgan fingerprint density at radius 2 is 1.76 bits per heavy atom. The number of amides is 1. The summed E-state index contributed by atoms with van der Waals surface area (Å²) in [6.45, 7) is 0.634. The normalized spacial score (nSPS) is 15.1. The molecule has 3 rings (SSSR count). The highest BCUT2D eigenvalue weighted by Crippen LogP contribution is 2.21. The molecule has 0 atom stereocenters. The van der Waals surface area contributed by atoms with Crippen LogP contribution in [0, 0.1) is 10.1 Å². The van der Waals surface area contributed by atoms with Gasteiger partial charge >= 0.3 is 0 Å². The second-order valence-electron chi connectivity index (χ2n) is 6.28. The fourth-order valence-corrected chi connectivity index (χ4v) is 4.66. The molecule has 1 amide bonds. The largest absolute Gasteiger partial charge is 0.484 e. The number of piperazine rings is 1. The summed E-state index contributed by atoms with van der Waals surface area (Å²) in [4.78, 5) is 24.0. The average molecular weight is 484 g/mol. The molecule has 1 fully saturated rings. The van der Waals surface area contributed by atoms with Gasteiger partial charge in [-0.05, 0) is 30.3 Å². The fraction of sp³-hybridized carbons (Fsp3) is 0.278. The quantitative estimate of drug-likeness (QED) is 0.460. The summed E-state index contributed by atoms with van der Waals surface area (Å²) in [6.07, 6.45) is 0. The van der Waals surface area contributed by atoms with Crippen molar-refractivity contribution in [1.82, 2.24) is 9.21 Å². The van der Waals surface area contributed by atoms with Crippen LogP contribution in [-0.2, 0) is 14.8 Å². The molecule has 0 spiro atoms. The maximum atomic E-state index is 12.7. The second kappa shape index (κ2) is 8.89. The molecule has 0 aliphatic carbocycles. The molecule has 2 aromatic rings. The van der Waals surface area contributed by atoms with Crippen molar-refractivity contribution in [3.8, 4) is 5.75 Å². The molecule has 1 saturated heterocycles. The fourth-order valence-electron chi connectivity index (χ4n) is 2.86. The summed E-state index contributed by atoms with van der Waals surface area (Å²) in [5, 5.41) is 10.7. The van der Waals surface area contributed by atoms with E-state index < -0.39 is 14.9 Å². The van der Waals surface area contributed by atoms with Crippen LogP contribution in [0.25, 0.3) is 0 Å². The molecular formula is C18H18BrN3O6S. The second-order valence-corrected chi connectivity index (χ2v) is 9.14. The van der Waals surface area contributed by atoms with E-state index in [1.165, 1.54) is 16.4 Å². The van der Waals surface area contributed by atoms with Crippen LogP contribution in [0.15, 0.2) is 57.9 Å². The third-order valence-corrected chi connectivity index (χ3v) is 6.84. The number of ether oxygens (including phenoxy) is 1. The highest BCUT2D eigenvalue weighted by atomic mass is 79.9. The number of carbonyl (C=O) groups is 1. The van der Waals surface area contributed by atoms with Crippen LogP contribution < -0.4 is 4.74 Å². The minimum atomic E-state index is -3.78. The number of carbonyl (C=O) groups excluding carboxylic acids is 1. The zero-order valence-corrected chi connectivity index (χ0v) is 17.6. The van der Waals surface area contributed by atoms with E-state index >= 15 is 0 Å². The molecule has 154 valence electrons. The highest BCUT2D eigenvalue weighted by Gasteiger charge is 2.30. The highest BCUT2D eigenvalue weighted by molar-refractivity contribution is 9.10. The van der Waals surface area contributed by atoms with Gasteiger partial charge in [0.05, 0.1) is 9.82 Å². The van der Waals surface area contributed by atoms with Gasteiger partial charge in [0.25, 0.3) is 11.6 Å². The first kappa shape index (κ1) is 21.2. The van der Waals surface area contributed by atoms with Gasteiger partial charge in [0.1, 0.15) is 5.75 Å². The molecule has 11 heteroatoms. The molecule has 1 aliphatic rings. The van der Waals surface area contributed by atoms with Gasteiger partial charge in [0.15, 0.2) is 6.61 Å². The SMILES string of the molecule is O=C(COc1cccc(Br)c1)N1CCN(S(=O)(=O)c2ccc([N+](=O)[O-])cc2)CC1. The first-order valence-electron chi connectivity index (χ1n) is 8.68. The predicted molar refractivity (Wildman–Crippen MR) is 108 cm³/mol. The Kier molecular flexibility index (Phi) is 6.50. The molecule has 29 heavy (non-hydrogen) atoms. The molecule has 9 nitrogen and oxygen atoms in total. The van der Waals surface area contributed by atoms with Crippen LogP contribution in [0.3, 0.4) is 0 Å². The maximum absolute atomic E-state index is 12.7. The molecule has 0 saturated carbocycles. The zero-order valence-electron chi connectivity index (χ0n) is 15.2. The summed E-state index contributed by atoms with van der Waals surface area (Å²) in [5.74, 6) is 0.337. The number of nitro groups is 1. The number of nitrogens with zero attached hydrogens (tertiary/aromatic N) is 3. The summed E-state index contributed by atoms with van der Waals surface area (Å²) >= 11 is 3.33. The first-order valence-corrected chi connectivity index (χ1v) is 10.9. The van der Waals surface area contributed by atoms with Crippen molar-refractivity contribution in [2.75, 3.05) is 32.8 Å². The van der Waals surface area contributed by atoms with Gasteiger partial charge in [-0.1, -0.05) is 22.0 Å². The molecule has 0 bridgehead atoms.